The van der Waals surface area contributed by atoms with Gasteiger partial charge in [0.15, 0.2) is 11.5 Å². The third-order valence-electron chi connectivity index (χ3n) is 3.81. The summed E-state index contributed by atoms with van der Waals surface area (Å²) in [4.78, 5) is 11.9. The van der Waals surface area contributed by atoms with Crippen molar-refractivity contribution in [3.05, 3.63) is 23.8 Å². The van der Waals surface area contributed by atoms with Gasteiger partial charge in [-0.15, -0.1) is 0 Å². The molecule has 22 heavy (non-hydrogen) atoms. The van der Waals surface area contributed by atoms with E-state index in [2.05, 4.69) is 5.32 Å². The van der Waals surface area contributed by atoms with Crippen LogP contribution in [0.3, 0.4) is 0 Å². The molecule has 1 unspecified atom stereocenters. The topological polar surface area (TPSA) is 56.8 Å². The lowest BCUT2D eigenvalue weighted by molar-refractivity contribution is -0.117. The Morgan fingerprint density at radius 1 is 1.18 bits per heavy atom. The molecule has 1 amide bonds. The minimum atomic E-state index is -0.0897. The molecule has 1 atom stereocenters. The fourth-order valence-electron chi connectivity index (χ4n) is 2.36. The van der Waals surface area contributed by atoms with Crippen molar-refractivity contribution < 1.29 is 19.0 Å². The Bertz CT molecular complexity index is 539. The van der Waals surface area contributed by atoms with Crippen LogP contribution in [0, 0.1) is 5.92 Å². The van der Waals surface area contributed by atoms with Gasteiger partial charge >= 0.3 is 0 Å². The fourth-order valence-corrected chi connectivity index (χ4v) is 2.36. The van der Waals surface area contributed by atoms with Gasteiger partial charge in [-0.2, -0.15) is 0 Å². The number of hydrogen-bond donors (Lipinski definition) is 1. The Hall–Kier alpha value is -2.17. The van der Waals surface area contributed by atoms with Gasteiger partial charge in [0, 0.05) is 12.1 Å². The summed E-state index contributed by atoms with van der Waals surface area (Å²) in [6.07, 6.45) is 5.68. The first-order valence-corrected chi connectivity index (χ1v) is 7.37. The molecular formula is C17H23NO4. The van der Waals surface area contributed by atoms with Crippen LogP contribution in [-0.2, 0) is 4.79 Å². The number of nitrogens with one attached hydrogen (secondary N) is 1. The molecule has 5 nitrogen and oxygen atoms in total. The number of carbonyl (C=O) groups excluding carboxylic acids is 1. The van der Waals surface area contributed by atoms with E-state index in [1.165, 1.54) is 18.9 Å². The lowest BCUT2D eigenvalue weighted by Gasteiger charge is -2.13. The van der Waals surface area contributed by atoms with E-state index in [0.717, 1.165) is 5.56 Å². The quantitative estimate of drug-likeness (QED) is 0.787. The molecule has 1 saturated carbocycles. The third kappa shape index (κ3) is 3.93. The zero-order chi connectivity index (χ0) is 16.1. The number of hydrogen-bond acceptors (Lipinski definition) is 4. The Morgan fingerprint density at radius 3 is 2.23 bits per heavy atom. The van der Waals surface area contributed by atoms with Gasteiger partial charge in [-0.25, -0.2) is 0 Å². The van der Waals surface area contributed by atoms with Crippen molar-refractivity contribution in [3.63, 3.8) is 0 Å². The van der Waals surface area contributed by atoms with Crippen LogP contribution in [-0.4, -0.2) is 33.3 Å². The normalized spacial score (nSPS) is 15.5. The van der Waals surface area contributed by atoms with Crippen LogP contribution < -0.4 is 19.5 Å². The predicted octanol–water partition coefficient (Wildman–Crippen LogP) is 2.64. The van der Waals surface area contributed by atoms with Crippen LogP contribution in [0.4, 0.5) is 0 Å². The second-order valence-electron chi connectivity index (χ2n) is 5.43. The van der Waals surface area contributed by atoms with Crippen molar-refractivity contribution in [1.29, 1.82) is 0 Å². The number of methoxy groups -OCH3 is 3. The molecule has 1 N–H and O–H groups in total. The summed E-state index contributed by atoms with van der Waals surface area (Å²) in [5.74, 6) is 2.21. The summed E-state index contributed by atoms with van der Waals surface area (Å²) in [5.41, 5.74) is 0.809. The molecule has 0 spiro atoms. The Balaban J connectivity index is 2.10. The highest BCUT2D eigenvalue weighted by atomic mass is 16.5. The van der Waals surface area contributed by atoms with Crippen molar-refractivity contribution in [2.75, 3.05) is 21.3 Å². The summed E-state index contributed by atoms with van der Waals surface area (Å²) >= 11 is 0. The molecule has 0 aliphatic heterocycles. The minimum absolute atomic E-state index is 0.0897. The van der Waals surface area contributed by atoms with Crippen LogP contribution in [0.1, 0.15) is 25.3 Å². The molecule has 5 heteroatoms. The molecule has 0 bridgehead atoms. The van der Waals surface area contributed by atoms with Crippen molar-refractivity contribution in [2.45, 2.75) is 25.8 Å². The fraction of sp³-hybridized carbons (Fsp3) is 0.471. The van der Waals surface area contributed by atoms with Crippen molar-refractivity contribution in [1.82, 2.24) is 5.32 Å². The zero-order valence-electron chi connectivity index (χ0n) is 13.5. The average Bonchev–Trinajstić information content (AvgIpc) is 3.36. The van der Waals surface area contributed by atoms with E-state index in [1.54, 1.807) is 39.5 Å². The van der Waals surface area contributed by atoms with E-state index < -0.39 is 0 Å². The summed E-state index contributed by atoms with van der Waals surface area (Å²) in [7, 11) is 4.69. The third-order valence-corrected chi connectivity index (χ3v) is 3.81. The molecule has 0 aromatic heterocycles. The first-order chi connectivity index (χ1) is 10.6. The molecule has 0 heterocycles. The Morgan fingerprint density at radius 2 is 1.77 bits per heavy atom. The van der Waals surface area contributed by atoms with Gasteiger partial charge in [0.25, 0.3) is 0 Å². The summed E-state index contributed by atoms with van der Waals surface area (Å²) < 4.78 is 15.9. The monoisotopic (exact) mass is 305 g/mol. The molecule has 2 rings (SSSR count). The van der Waals surface area contributed by atoms with E-state index in [0.29, 0.717) is 23.2 Å². The lowest BCUT2D eigenvalue weighted by Crippen LogP contribution is -2.32. The van der Waals surface area contributed by atoms with E-state index in [1.807, 2.05) is 6.92 Å². The van der Waals surface area contributed by atoms with Gasteiger partial charge in [-0.05, 0) is 49.5 Å². The highest BCUT2D eigenvalue weighted by molar-refractivity contribution is 5.92. The maximum atomic E-state index is 11.9. The largest absolute Gasteiger partial charge is 0.493 e. The van der Waals surface area contributed by atoms with E-state index in [-0.39, 0.29) is 11.9 Å². The Kier molecular flexibility index (Phi) is 5.31. The number of amides is 1. The highest BCUT2D eigenvalue weighted by Crippen LogP contribution is 2.38. The van der Waals surface area contributed by atoms with Gasteiger partial charge in [-0.3, -0.25) is 4.79 Å². The molecule has 1 aromatic rings. The SMILES string of the molecule is COc1cc(/C=C/C(=O)NC(C)C2CC2)cc(OC)c1OC. The van der Waals surface area contributed by atoms with Crippen LogP contribution in [0.2, 0.25) is 0 Å². The number of benzene rings is 1. The molecular weight excluding hydrogens is 282 g/mol. The van der Waals surface area contributed by atoms with Crippen LogP contribution in [0.15, 0.2) is 18.2 Å². The molecule has 1 fully saturated rings. The molecule has 1 aliphatic rings. The predicted molar refractivity (Wildman–Crippen MR) is 85.5 cm³/mol. The summed E-state index contributed by atoms with van der Waals surface area (Å²) in [6.45, 7) is 2.04. The minimum Gasteiger partial charge on any atom is -0.493 e. The number of rotatable bonds is 7. The number of carbonyl (C=O) groups is 1. The van der Waals surface area contributed by atoms with E-state index >= 15 is 0 Å². The van der Waals surface area contributed by atoms with Gasteiger partial charge in [0.1, 0.15) is 0 Å². The van der Waals surface area contributed by atoms with Crippen molar-refractivity contribution in [2.24, 2.45) is 5.92 Å². The van der Waals surface area contributed by atoms with Crippen molar-refractivity contribution >= 4 is 12.0 Å². The molecule has 1 aromatic carbocycles. The summed E-state index contributed by atoms with van der Waals surface area (Å²) in [5, 5.41) is 2.98. The Labute approximate surface area is 131 Å². The number of ether oxygens (including phenoxy) is 3. The maximum absolute atomic E-state index is 11.9. The summed E-state index contributed by atoms with van der Waals surface area (Å²) in [6, 6.07) is 3.84. The lowest BCUT2D eigenvalue weighted by atomic mass is 10.1. The molecule has 0 radical (unpaired) electrons. The van der Waals surface area contributed by atoms with Gasteiger partial charge in [0.05, 0.1) is 21.3 Å². The van der Waals surface area contributed by atoms with E-state index in [9.17, 15) is 4.79 Å². The highest BCUT2D eigenvalue weighted by Gasteiger charge is 2.28. The second kappa shape index (κ2) is 7.20. The van der Waals surface area contributed by atoms with Gasteiger partial charge in [-0.1, -0.05) is 0 Å². The van der Waals surface area contributed by atoms with Crippen LogP contribution in [0.25, 0.3) is 6.08 Å². The smallest absolute Gasteiger partial charge is 0.244 e. The maximum Gasteiger partial charge on any atom is 0.244 e. The van der Waals surface area contributed by atoms with Crippen LogP contribution >= 0.6 is 0 Å². The first-order valence-electron chi connectivity index (χ1n) is 7.37. The van der Waals surface area contributed by atoms with Gasteiger partial charge < -0.3 is 19.5 Å². The molecule has 0 saturated heterocycles. The zero-order valence-corrected chi connectivity index (χ0v) is 13.5. The molecule has 1 aliphatic carbocycles. The van der Waals surface area contributed by atoms with Gasteiger partial charge in [0.2, 0.25) is 11.7 Å². The standard InChI is InChI=1S/C17H23NO4/c1-11(13-6-7-13)18-16(19)8-5-12-9-14(20-2)17(22-4)15(10-12)21-3/h5,8-11,13H,6-7H2,1-4H3,(H,18,19)/b8-5+. The molecule has 120 valence electrons. The first kappa shape index (κ1) is 16.2. The average molecular weight is 305 g/mol. The van der Waals surface area contributed by atoms with E-state index in [4.69, 9.17) is 14.2 Å². The van der Waals surface area contributed by atoms with Crippen molar-refractivity contribution in [3.8, 4) is 17.2 Å². The van der Waals surface area contributed by atoms with Crippen LogP contribution in [0.5, 0.6) is 17.2 Å². The second-order valence-corrected chi connectivity index (χ2v) is 5.43.